The number of carbonyl (C=O) groups excluding carboxylic acids is 1. The zero-order chi connectivity index (χ0) is 14.9. The van der Waals surface area contributed by atoms with Gasteiger partial charge in [0.1, 0.15) is 0 Å². The van der Waals surface area contributed by atoms with E-state index in [1.54, 1.807) is 0 Å². The van der Waals surface area contributed by atoms with Gasteiger partial charge in [0, 0.05) is 18.5 Å². The fourth-order valence-corrected chi connectivity index (χ4v) is 4.79. The van der Waals surface area contributed by atoms with Crippen LogP contribution in [-0.4, -0.2) is 42.8 Å². The van der Waals surface area contributed by atoms with Gasteiger partial charge < -0.3 is 4.90 Å². The number of sulfone groups is 1. The highest BCUT2D eigenvalue weighted by atomic mass is 32.2. The summed E-state index contributed by atoms with van der Waals surface area (Å²) in [6, 6.07) is 10.1. The zero-order valence-electron chi connectivity index (χ0n) is 12.1. The van der Waals surface area contributed by atoms with Gasteiger partial charge in [0.15, 0.2) is 9.84 Å². The van der Waals surface area contributed by atoms with Gasteiger partial charge in [-0.2, -0.15) is 0 Å². The lowest BCUT2D eigenvalue weighted by molar-refractivity contribution is -0.133. The number of benzene rings is 1. The maximum absolute atomic E-state index is 12.5. The number of aryl methyl sites for hydroxylation is 1. The summed E-state index contributed by atoms with van der Waals surface area (Å²) in [4.78, 5) is 14.4. The third-order valence-electron chi connectivity index (χ3n) is 4.30. The Labute approximate surface area is 126 Å². The highest BCUT2D eigenvalue weighted by Gasteiger charge is 2.41. The van der Waals surface area contributed by atoms with Gasteiger partial charge in [0.2, 0.25) is 5.91 Å². The molecule has 1 saturated heterocycles. The molecule has 0 radical (unpaired) electrons. The summed E-state index contributed by atoms with van der Waals surface area (Å²) in [6.07, 6.45) is 3.84. The quantitative estimate of drug-likeness (QED) is 0.833. The third-order valence-corrected chi connectivity index (χ3v) is 6.05. The lowest BCUT2D eigenvalue weighted by Crippen LogP contribution is -2.42. The van der Waals surface area contributed by atoms with E-state index in [0.717, 1.165) is 24.8 Å². The Bertz CT molecular complexity index is 608. The summed E-state index contributed by atoms with van der Waals surface area (Å²) in [6.45, 7) is 0. The zero-order valence-corrected chi connectivity index (χ0v) is 12.9. The number of amides is 1. The number of rotatable bonds is 5. The maximum Gasteiger partial charge on any atom is 0.223 e. The van der Waals surface area contributed by atoms with E-state index in [9.17, 15) is 13.2 Å². The average molecular weight is 307 g/mol. The first kappa shape index (κ1) is 14.6. The summed E-state index contributed by atoms with van der Waals surface area (Å²) in [5.74, 6) is 0.497. The van der Waals surface area contributed by atoms with Crippen molar-refractivity contribution in [3.63, 3.8) is 0 Å². The van der Waals surface area contributed by atoms with E-state index >= 15 is 0 Å². The van der Waals surface area contributed by atoms with Gasteiger partial charge >= 0.3 is 0 Å². The van der Waals surface area contributed by atoms with Gasteiger partial charge in [-0.25, -0.2) is 8.42 Å². The molecule has 1 aromatic carbocycles. The van der Waals surface area contributed by atoms with E-state index in [4.69, 9.17) is 0 Å². The fraction of sp³-hybridized carbons (Fsp3) is 0.562. The Balaban J connectivity index is 1.63. The normalized spacial score (nSPS) is 23.9. The van der Waals surface area contributed by atoms with Crippen molar-refractivity contribution in [2.45, 2.75) is 44.2 Å². The lowest BCUT2D eigenvalue weighted by Gasteiger charge is -2.28. The number of hydrogen-bond donors (Lipinski definition) is 0. The molecule has 1 aliphatic heterocycles. The maximum atomic E-state index is 12.5. The van der Waals surface area contributed by atoms with Gasteiger partial charge in [-0.15, -0.1) is 0 Å². The van der Waals surface area contributed by atoms with E-state index in [1.807, 2.05) is 35.2 Å². The second kappa shape index (κ2) is 5.79. The largest absolute Gasteiger partial charge is 0.336 e. The first-order chi connectivity index (χ1) is 10.1. The van der Waals surface area contributed by atoms with Crippen LogP contribution in [0, 0.1) is 0 Å². The van der Waals surface area contributed by atoms with Crippen LogP contribution in [0.4, 0.5) is 0 Å². The van der Waals surface area contributed by atoms with Crippen LogP contribution >= 0.6 is 0 Å². The molecule has 0 aromatic heterocycles. The van der Waals surface area contributed by atoms with E-state index < -0.39 is 9.84 Å². The Morgan fingerprint density at radius 3 is 2.38 bits per heavy atom. The molecule has 0 N–H and O–H groups in total. The van der Waals surface area contributed by atoms with Gasteiger partial charge in [-0.3, -0.25) is 4.79 Å². The number of hydrogen-bond acceptors (Lipinski definition) is 3. The second-order valence-electron chi connectivity index (χ2n) is 6.07. The van der Waals surface area contributed by atoms with Crippen molar-refractivity contribution >= 4 is 15.7 Å². The summed E-state index contributed by atoms with van der Waals surface area (Å²) in [5, 5.41) is 0. The molecule has 1 heterocycles. The van der Waals surface area contributed by atoms with Crippen molar-refractivity contribution in [2.75, 3.05) is 11.5 Å². The Morgan fingerprint density at radius 1 is 1.10 bits per heavy atom. The minimum Gasteiger partial charge on any atom is -0.336 e. The molecule has 0 spiro atoms. The molecule has 1 aliphatic carbocycles. The second-order valence-corrected chi connectivity index (χ2v) is 8.30. The molecule has 1 aromatic rings. The first-order valence-corrected chi connectivity index (χ1v) is 9.43. The van der Waals surface area contributed by atoms with Crippen molar-refractivity contribution in [1.82, 2.24) is 4.90 Å². The summed E-state index contributed by atoms with van der Waals surface area (Å²) in [7, 11) is -2.94. The Hall–Kier alpha value is -1.36. The van der Waals surface area contributed by atoms with Crippen molar-refractivity contribution < 1.29 is 13.2 Å². The number of nitrogens with zero attached hydrogens (tertiary/aromatic N) is 1. The molecular formula is C16H21NO3S. The van der Waals surface area contributed by atoms with E-state index in [2.05, 4.69) is 0 Å². The van der Waals surface area contributed by atoms with Crippen LogP contribution in [0.3, 0.4) is 0 Å². The summed E-state index contributed by atoms with van der Waals surface area (Å²) >= 11 is 0. The monoisotopic (exact) mass is 307 g/mol. The Kier molecular flexibility index (Phi) is 4.02. The molecule has 21 heavy (non-hydrogen) atoms. The van der Waals surface area contributed by atoms with Gasteiger partial charge in [0.25, 0.3) is 0 Å². The van der Waals surface area contributed by atoms with E-state index in [-0.39, 0.29) is 29.5 Å². The molecule has 1 amide bonds. The first-order valence-electron chi connectivity index (χ1n) is 7.61. The van der Waals surface area contributed by atoms with Crippen LogP contribution in [-0.2, 0) is 21.1 Å². The van der Waals surface area contributed by atoms with Crippen LogP contribution < -0.4 is 0 Å². The molecule has 1 atom stereocenters. The summed E-state index contributed by atoms with van der Waals surface area (Å²) in [5.41, 5.74) is 1.15. The standard InChI is InChI=1S/C16H21NO3S/c18-16(9-6-13-4-2-1-3-5-13)17(14-7-8-14)15-10-11-21(19,20)12-15/h1-5,14-15H,6-12H2. The molecule has 114 valence electrons. The topological polar surface area (TPSA) is 54.5 Å². The fourth-order valence-electron chi connectivity index (χ4n) is 3.08. The Morgan fingerprint density at radius 2 is 1.81 bits per heavy atom. The molecule has 1 unspecified atom stereocenters. The molecule has 4 nitrogen and oxygen atoms in total. The molecule has 3 rings (SSSR count). The molecule has 0 bridgehead atoms. The highest BCUT2D eigenvalue weighted by molar-refractivity contribution is 7.91. The minimum atomic E-state index is -2.94. The number of carbonyl (C=O) groups is 1. The molecule has 2 aliphatic rings. The molecular weight excluding hydrogens is 286 g/mol. The van der Waals surface area contributed by atoms with Gasteiger partial charge in [-0.1, -0.05) is 30.3 Å². The predicted octanol–water partition coefficient (Wildman–Crippen LogP) is 1.80. The van der Waals surface area contributed by atoms with Crippen LogP contribution in [0.1, 0.15) is 31.2 Å². The van der Waals surface area contributed by atoms with Crippen molar-refractivity contribution in [3.05, 3.63) is 35.9 Å². The van der Waals surface area contributed by atoms with Crippen LogP contribution in [0.25, 0.3) is 0 Å². The molecule has 5 heteroatoms. The van der Waals surface area contributed by atoms with Crippen molar-refractivity contribution in [2.24, 2.45) is 0 Å². The minimum absolute atomic E-state index is 0.0919. The van der Waals surface area contributed by atoms with Gasteiger partial charge in [-0.05, 0) is 31.2 Å². The van der Waals surface area contributed by atoms with Crippen LogP contribution in [0.15, 0.2) is 30.3 Å². The van der Waals surface area contributed by atoms with Crippen LogP contribution in [0.5, 0.6) is 0 Å². The van der Waals surface area contributed by atoms with Crippen LogP contribution in [0.2, 0.25) is 0 Å². The average Bonchev–Trinajstić information content (AvgIpc) is 3.22. The van der Waals surface area contributed by atoms with Crippen molar-refractivity contribution in [1.29, 1.82) is 0 Å². The SMILES string of the molecule is O=C(CCc1ccccc1)N(C1CC1)C1CCS(=O)(=O)C1. The lowest BCUT2D eigenvalue weighted by atomic mass is 10.1. The van der Waals surface area contributed by atoms with E-state index in [0.29, 0.717) is 12.8 Å². The smallest absolute Gasteiger partial charge is 0.223 e. The molecule has 2 fully saturated rings. The predicted molar refractivity (Wildman–Crippen MR) is 81.7 cm³/mol. The van der Waals surface area contributed by atoms with Crippen molar-refractivity contribution in [3.8, 4) is 0 Å². The molecule has 1 saturated carbocycles. The highest BCUT2D eigenvalue weighted by Crippen LogP contribution is 2.32. The summed E-state index contributed by atoms with van der Waals surface area (Å²) < 4.78 is 23.3. The van der Waals surface area contributed by atoms with Gasteiger partial charge in [0.05, 0.1) is 11.5 Å². The van der Waals surface area contributed by atoms with E-state index in [1.165, 1.54) is 0 Å². The third kappa shape index (κ3) is 3.64.